The van der Waals surface area contributed by atoms with Gasteiger partial charge in [-0.15, -0.1) is 0 Å². The lowest BCUT2D eigenvalue weighted by molar-refractivity contribution is 0.0955. The minimum absolute atomic E-state index is 0.105. The van der Waals surface area contributed by atoms with Crippen molar-refractivity contribution in [1.29, 1.82) is 0 Å². The van der Waals surface area contributed by atoms with Crippen molar-refractivity contribution in [2.75, 3.05) is 13.1 Å². The molecule has 0 atom stereocenters. The smallest absolute Gasteiger partial charge is 0.267 e. The Hall–Kier alpha value is -2.48. The molecule has 146 valence electrons. The predicted molar refractivity (Wildman–Crippen MR) is 111 cm³/mol. The maximum absolute atomic E-state index is 12.6. The summed E-state index contributed by atoms with van der Waals surface area (Å²) >= 11 is 6.08. The van der Waals surface area contributed by atoms with Crippen LogP contribution in [0.1, 0.15) is 28.8 Å². The van der Waals surface area contributed by atoms with Crippen LogP contribution in [0.25, 0.3) is 6.08 Å². The van der Waals surface area contributed by atoms with Gasteiger partial charge in [0, 0.05) is 18.7 Å². The number of benzene rings is 2. The van der Waals surface area contributed by atoms with Gasteiger partial charge in [0.25, 0.3) is 5.91 Å². The summed E-state index contributed by atoms with van der Waals surface area (Å²) in [4.78, 5) is 12.4. The Morgan fingerprint density at radius 3 is 2.50 bits per heavy atom. The van der Waals surface area contributed by atoms with Crippen LogP contribution in [0, 0.1) is 0 Å². The number of carbonyl (C=O) groups is 1. The van der Waals surface area contributed by atoms with Crippen LogP contribution in [0.3, 0.4) is 0 Å². The molecule has 1 heterocycles. The number of hydrogen-bond donors (Lipinski definition) is 1. The first-order valence-corrected chi connectivity index (χ1v) is 10.6. The molecule has 0 unspecified atom stereocenters. The number of amides is 1. The molecule has 1 N–H and O–H groups in total. The third kappa shape index (κ3) is 5.07. The standard InChI is InChI=1S/C20H20ClN3O3S/c21-18(13-16-7-2-1-3-8-16)15-22-23-20(25)17-9-6-10-19(14-17)28(26,27)24-11-4-5-12-24/h1-3,6-10,13-15H,4-5,11-12H2,(H,23,25)/b18-13+,22-15-. The maximum Gasteiger partial charge on any atom is 0.271 e. The zero-order chi connectivity index (χ0) is 20.0. The van der Waals surface area contributed by atoms with Crippen molar-refractivity contribution in [1.82, 2.24) is 9.73 Å². The van der Waals surface area contributed by atoms with E-state index in [-0.39, 0.29) is 10.5 Å². The van der Waals surface area contributed by atoms with E-state index in [9.17, 15) is 13.2 Å². The number of nitrogens with one attached hydrogen (secondary N) is 1. The van der Waals surface area contributed by atoms with Crippen molar-refractivity contribution in [3.63, 3.8) is 0 Å². The summed E-state index contributed by atoms with van der Waals surface area (Å²) in [5.74, 6) is -0.515. The van der Waals surface area contributed by atoms with E-state index in [1.165, 1.54) is 28.7 Å². The second kappa shape index (κ2) is 9.14. The van der Waals surface area contributed by atoms with E-state index < -0.39 is 15.9 Å². The summed E-state index contributed by atoms with van der Waals surface area (Å²) in [5, 5.41) is 4.17. The molecule has 1 fully saturated rings. The fraction of sp³-hybridized carbons (Fsp3) is 0.200. The summed E-state index contributed by atoms with van der Waals surface area (Å²) in [6.07, 6.45) is 4.73. The Morgan fingerprint density at radius 2 is 1.79 bits per heavy atom. The second-order valence-corrected chi connectivity index (χ2v) is 8.65. The highest BCUT2D eigenvalue weighted by molar-refractivity contribution is 7.89. The van der Waals surface area contributed by atoms with Crippen LogP contribution in [0.5, 0.6) is 0 Å². The Labute approximate surface area is 169 Å². The maximum atomic E-state index is 12.6. The van der Waals surface area contributed by atoms with Gasteiger partial charge < -0.3 is 0 Å². The van der Waals surface area contributed by atoms with Gasteiger partial charge in [-0.25, -0.2) is 13.8 Å². The first-order chi connectivity index (χ1) is 13.5. The van der Waals surface area contributed by atoms with E-state index in [0.717, 1.165) is 18.4 Å². The second-order valence-electron chi connectivity index (χ2n) is 6.28. The lowest BCUT2D eigenvalue weighted by atomic mass is 10.2. The Morgan fingerprint density at radius 1 is 1.07 bits per heavy atom. The van der Waals surface area contributed by atoms with Gasteiger partial charge in [0.15, 0.2) is 0 Å². The molecule has 1 aliphatic rings. The Kier molecular flexibility index (Phi) is 6.61. The summed E-state index contributed by atoms with van der Waals surface area (Å²) in [5.41, 5.74) is 3.48. The molecule has 1 amide bonds. The molecule has 0 bridgehead atoms. The largest absolute Gasteiger partial charge is 0.271 e. The highest BCUT2D eigenvalue weighted by Crippen LogP contribution is 2.21. The van der Waals surface area contributed by atoms with Gasteiger partial charge in [-0.2, -0.15) is 9.41 Å². The normalized spacial score (nSPS) is 15.8. The van der Waals surface area contributed by atoms with Crippen molar-refractivity contribution in [3.8, 4) is 0 Å². The van der Waals surface area contributed by atoms with Crippen LogP contribution in [0.15, 0.2) is 69.6 Å². The number of halogens is 1. The fourth-order valence-electron chi connectivity index (χ4n) is 2.84. The SMILES string of the molecule is O=C(N/N=C\C(Cl)=C/c1ccccc1)c1cccc(S(=O)(=O)N2CCCC2)c1. The van der Waals surface area contributed by atoms with E-state index >= 15 is 0 Å². The minimum Gasteiger partial charge on any atom is -0.267 e. The highest BCUT2D eigenvalue weighted by Gasteiger charge is 2.27. The van der Waals surface area contributed by atoms with Crippen molar-refractivity contribution >= 4 is 39.8 Å². The Balaban J connectivity index is 1.67. The minimum atomic E-state index is -3.58. The van der Waals surface area contributed by atoms with Crippen molar-refractivity contribution in [2.24, 2.45) is 5.10 Å². The number of allylic oxidation sites excluding steroid dienone is 1. The average molecular weight is 418 g/mol. The molecule has 28 heavy (non-hydrogen) atoms. The van der Waals surface area contributed by atoms with Crippen LogP contribution >= 0.6 is 11.6 Å². The van der Waals surface area contributed by atoms with Crippen molar-refractivity contribution in [2.45, 2.75) is 17.7 Å². The van der Waals surface area contributed by atoms with Crippen LogP contribution in [0.4, 0.5) is 0 Å². The van der Waals surface area contributed by atoms with E-state index in [0.29, 0.717) is 18.1 Å². The molecule has 1 saturated heterocycles. The van der Waals surface area contributed by atoms with Crippen LogP contribution in [-0.4, -0.2) is 37.9 Å². The van der Waals surface area contributed by atoms with Gasteiger partial charge in [0.1, 0.15) is 0 Å². The molecule has 2 aromatic carbocycles. The number of hydrogen-bond acceptors (Lipinski definition) is 4. The molecule has 0 saturated carbocycles. The summed E-state index contributed by atoms with van der Waals surface area (Å²) in [7, 11) is -3.58. The number of carbonyl (C=O) groups excluding carboxylic acids is 1. The Bertz CT molecular complexity index is 998. The third-order valence-electron chi connectivity index (χ3n) is 4.26. The molecule has 6 nitrogen and oxygen atoms in total. The molecule has 2 aromatic rings. The molecule has 1 aliphatic heterocycles. The number of rotatable bonds is 6. The summed E-state index contributed by atoms with van der Waals surface area (Å²) < 4.78 is 26.7. The first kappa shape index (κ1) is 20.3. The number of hydrazone groups is 1. The van der Waals surface area contributed by atoms with Gasteiger partial charge in [0.2, 0.25) is 10.0 Å². The van der Waals surface area contributed by atoms with Crippen LogP contribution in [0.2, 0.25) is 0 Å². The molecule has 0 spiro atoms. The molecule has 3 rings (SSSR count). The quantitative estimate of drug-likeness (QED) is 0.577. The van der Waals surface area contributed by atoms with Crippen LogP contribution in [-0.2, 0) is 10.0 Å². The lowest BCUT2D eigenvalue weighted by Crippen LogP contribution is -2.28. The summed E-state index contributed by atoms with van der Waals surface area (Å²) in [6.45, 7) is 1.02. The zero-order valence-corrected chi connectivity index (χ0v) is 16.7. The van der Waals surface area contributed by atoms with Gasteiger partial charge in [0.05, 0.1) is 16.1 Å². The summed E-state index contributed by atoms with van der Waals surface area (Å²) in [6, 6.07) is 15.4. The lowest BCUT2D eigenvalue weighted by Gasteiger charge is -2.15. The third-order valence-corrected chi connectivity index (χ3v) is 6.36. The molecule has 0 aliphatic carbocycles. The molecular weight excluding hydrogens is 398 g/mol. The van der Waals surface area contributed by atoms with Gasteiger partial charge >= 0.3 is 0 Å². The number of nitrogens with zero attached hydrogens (tertiary/aromatic N) is 2. The molecule has 8 heteroatoms. The monoisotopic (exact) mass is 417 g/mol. The first-order valence-electron chi connectivity index (χ1n) is 8.83. The average Bonchev–Trinajstić information content (AvgIpc) is 3.24. The highest BCUT2D eigenvalue weighted by atomic mass is 35.5. The van der Waals surface area contributed by atoms with Gasteiger partial charge in [-0.05, 0) is 42.7 Å². The van der Waals surface area contributed by atoms with E-state index in [1.807, 2.05) is 30.3 Å². The fourth-order valence-corrected chi connectivity index (χ4v) is 4.58. The van der Waals surface area contributed by atoms with Gasteiger partial charge in [-0.3, -0.25) is 4.79 Å². The molecular formula is C20H20ClN3O3S. The van der Waals surface area contributed by atoms with E-state index in [2.05, 4.69) is 10.5 Å². The van der Waals surface area contributed by atoms with Crippen molar-refractivity contribution < 1.29 is 13.2 Å². The topological polar surface area (TPSA) is 78.8 Å². The molecule has 0 radical (unpaired) electrons. The van der Waals surface area contributed by atoms with Crippen molar-refractivity contribution in [3.05, 3.63) is 70.8 Å². The zero-order valence-electron chi connectivity index (χ0n) is 15.1. The predicted octanol–water partition coefficient (Wildman–Crippen LogP) is 3.47. The molecule has 0 aromatic heterocycles. The van der Waals surface area contributed by atoms with E-state index in [1.54, 1.807) is 12.1 Å². The van der Waals surface area contributed by atoms with E-state index in [4.69, 9.17) is 11.6 Å². The number of sulfonamides is 1. The van der Waals surface area contributed by atoms with Crippen LogP contribution < -0.4 is 5.43 Å². The van der Waals surface area contributed by atoms with Gasteiger partial charge in [-0.1, -0.05) is 48.0 Å².